The normalized spacial score (nSPS) is 18.6. The lowest BCUT2D eigenvalue weighted by atomic mass is 9.97. The SMILES string of the molecule is COc1ccc(C2=NN(C(=O)CN3CCN(C(C)=O)CC3)C(c3ccc(F)cc3)C2)c(OC)c1. The molecule has 34 heavy (non-hydrogen) atoms. The standard InChI is InChI=1S/C25H29FN4O4/c1-17(31)29-12-10-28(11-13-29)16-25(32)30-23(18-4-6-19(26)7-5-18)15-22(27-30)21-9-8-20(33-2)14-24(21)34-3/h4-9,14,23H,10-13,15-16H2,1-3H3. The molecule has 1 saturated heterocycles. The van der Waals surface area contributed by atoms with Gasteiger partial charge in [-0.25, -0.2) is 9.40 Å². The summed E-state index contributed by atoms with van der Waals surface area (Å²) < 4.78 is 24.4. The first-order valence-electron chi connectivity index (χ1n) is 11.2. The fourth-order valence-corrected chi connectivity index (χ4v) is 4.37. The Labute approximate surface area is 198 Å². The molecule has 9 heteroatoms. The van der Waals surface area contributed by atoms with Gasteiger partial charge in [0.05, 0.1) is 32.5 Å². The average Bonchev–Trinajstić information content (AvgIpc) is 3.29. The molecule has 2 aliphatic rings. The van der Waals surface area contributed by atoms with Crippen molar-refractivity contribution in [2.45, 2.75) is 19.4 Å². The lowest BCUT2D eigenvalue weighted by Gasteiger charge is -2.34. The van der Waals surface area contributed by atoms with Crippen LogP contribution in [0, 0.1) is 5.82 Å². The summed E-state index contributed by atoms with van der Waals surface area (Å²) in [5.41, 5.74) is 2.30. The van der Waals surface area contributed by atoms with Crippen LogP contribution in [0.2, 0.25) is 0 Å². The Balaban J connectivity index is 1.58. The number of hydrazone groups is 1. The van der Waals surface area contributed by atoms with Crippen molar-refractivity contribution in [2.24, 2.45) is 5.10 Å². The highest BCUT2D eigenvalue weighted by Gasteiger charge is 2.35. The number of amides is 2. The Kier molecular flexibility index (Phi) is 7.12. The van der Waals surface area contributed by atoms with Crippen LogP contribution in [-0.2, 0) is 9.59 Å². The third kappa shape index (κ3) is 5.04. The van der Waals surface area contributed by atoms with Crippen LogP contribution in [0.4, 0.5) is 4.39 Å². The second-order valence-electron chi connectivity index (χ2n) is 8.40. The summed E-state index contributed by atoms with van der Waals surface area (Å²) in [6.45, 7) is 4.21. The molecule has 0 aliphatic carbocycles. The fraction of sp³-hybridized carbons (Fsp3) is 0.400. The summed E-state index contributed by atoms with van der Waals surface area (Å²) in [4.78, 5) is 28.8. The number of rotatable bonds is 6. The Morgan fingerprint density at radius 1 is 1.03 bits per heavy atom. The van der Waals surface area contributed by atoms with Crippen LogP contribution < -0.4 is 9.47 Å². The van der Waals surface area contributed by atoms with Crippen LogP contribution >= 0.6 is 0 Å². The van der Waals surface area contributed by atoms with Gasteiger partial charge in [0.25, 0.3) is 5.91 Å². The molecule has 180 valence electrons. The lowest BCUT2D eigenvalue weighted by Crippen LogP contribution is -2.50. The molecule has 0 saturated carbocycles. The van der Waals surface area contributed by atoms with Crippen LogP contribution in [0.3, 0.4) is 0 Å². The second kappa shape index (κ2) is 10.2. The molecule has 2 aromatic rings. The summed E-state index contributed by atoms with van der Waals surface area (Å²) in [5.74, 6) is 0.830. The van der Waals surface area contributed by atoms with Crippen molar-refractivity contribution >= 4 is 17.5 Å². The van der Waals surface area contributed by atoms with E-state index in [-0.39, 0.29) is 30.2 Å². The molecule has 0 spiro atoms. The monoisotopic (exact) mass is 468 g/mol. The third-order valence-corrected chi connectivity index (χ3v) is 6.32. The fourth-order valence-electron chi connectivity index (χ4n) is 4.37. The van der Waals surface area contributed by atoms with Crippen LogP contribution in [0.5, 0.6) is 11.5 Å². The van der Waals surface area contributed by atoms with Crippen LogP contribution in [-0.4, -0.2) is 79.3 Å². The Morgan fingerprint density at radius 3 is 2.35 bits per heavy atom. The van der Waals surface area contributed by atoms with Crippen molar-refractivity contribution in [3.05, 3.63) is 59.4 Å². The molecular formula is C25H29FN4O4. The van der Waals surface area contributed by atoms with Crippen molar-refractivity contribution in [1.29, 1.82) is 0 Å². The maximum Gasteiger partial charge on any atom is 0.257 e. The minimum atomic E-state index is -0.353. The van der Waals surface area contributed by atoms with E-state index in [2.05, 4.69) is 0 Å². The van der Waals surface area contributed by atoms with E-state index in [9.17, 15) is 14.0 Å². The van der Waals surface area contributed by atoms with E-state index in [0.29, 0.717) is 49.8 Å². The van der Waals surface area contributed by atoms with E-state index < -0.39 is 0 Å². The number of ether oxygens (including phenoxy) is 2. The molecule has 0 N–H and O–H groups in total. The van der Waals surface area contributed by atoms with Crippen molar-refractivity contribution in [2.75, 3.05) is 46.9 Å². The predicted octanol–water partition coefficient (Wildman–Crippen LogP) is 2.68. The smallest absolute Gasteiger partial charge is 0.257 e. The number of carbonyl (C=O) groups is 2. The molecule has 0 aromatic heterocycles. The van der Waals surface area contributed by atoms with Gasteiger partial charge < -0.3 is 14.4 Å². The van der Waals surface area contributed by atoms with Gasteiger partial charge in [-0.05, 0) is 29.8 Å². The number of carbonyl (C=O) groups excluding carboxylic acids is 2. The van der Waals surface area contributed by atoms with E-state index in [0.717, 1.165) is 11.1 Å². The molecule has 0 radical (unpaired) electrons. The number of piperazine rings is 1. The van der Waals surface area contributed by atoms with E-state index >= 15 is 0 Å². The minimum absolute atomic E-state index is 0.0459. The summed E-state index contributed by atoms with van der Waals surface area (Å²) in [7, 11) is 3.16. The topological polar surface area (TPSA) is 74.7 Å². The van der Waals surface area contributed by atoms with Gasteiger partial charge in [0.15, 0.2) is 0 Å². The average molecular weight is 469 g/mol. The highest BCUT2D eigenvalue weighted by molar-refractivity contribution is 6.05. The van der Waals surface area contributed by atoms with Gasteiger partial charge in [0, 0.05) is 51.2 Å². The number of hydrogen-bond donors (Lipinski definition) is 0. The van der Waals surface area contributed by atoms with E-state index in [1.165, 1.54) is 17.1 Å². The number of hydrogen-bond acceptors (Lipinski definition) is 6. The zero-order valence-corrected chi connectivity index (χ0v) is 19.7. The molecule has 0 bridgehead atoms. The highest BCUT2D eigenvalue weighted by Crippen LogP contribution is 2.36. The number of halogens is 1. The second-order valence-corrected chi connectivity index (χ2v) is 8.40. The van der Waals surface area contributed by atoms with Gasteiger partial charge in [-0.2, -0.15) is 5.10 Å². The molecule has 2 aromatic carbocycles. The summed E-state index contributed by atoms with van der Waals surface area (Å²) >= 11 is 0. The van der Waals surface area contributed by atoms with Gasteiger partial charge in [0.2, 0.25) is 5.91 Å². The van der Waals surface area contributed by atoms with Crippen molar-refractivity contribution in [1.82, 2.24) is 14.8 Å². The van der Waals surface area contributed by atoms with Crippen molar-refractivity contribution < 1.29 is 23.5 Å². The van der Waals surface area contributed by atoms with Gasteiger partial charge in [-0.15, -0.1) is 0 Å². The molecule has 4 rings (SSSR count). The van der Waals surface area contributed by atoms with Gasteiger partial charge in [-0.1, -0.05) is 12.1 Å². The number of nitrogens with zero attached hydrogens (tertiary/aromatic N) is 4. The molecule has 1 unspecified atom stereocenters. The number of methoxy groups -OCH3 is 2. The first-order valence-corrected chi connectivity index (χ1v) is 11.2. The van der Waals surface area contributed by atoms with Crippen LogP contribution in [0.15, 0.2) is 47.6 Å². The van der Waals surface area contributed by atoms with Gasteiger partial charge in [0.1, 0.15) is 17.3 Å². The quantitative estimate of drug-likeness (QED) is 0.652. The minimum Gasteiger partial charge on any atom is -0.497 e. The molecule has 2 heterocycles. The van der Waals surface area contributed by atoms with Crippen molar-refractivity contribution in [3.8, 4) is 11.5 Å². The first-order chi connectivity index (χ1) is 16.4. The maximum absolute atomic E-state index is 13.6. The Bertz CT molecular complexity index is 1080. The highest BCUT2D eigenvalue weighted by atomic mass is 19.1. The molecule has 1 atom stereocenters. The predicted molar refractivity (Wildman–Crippen MR) is 125 cm³/mol. The maximum atomic E-state index is 13.6. The molecule has 1 fully saturated rings. The van der Waals surface area contributed by atoms with Gasteiger partial charge >= 0.3 is 0 Å². The Hall–Kier alpha value is -3.46. The molecular weight excluding hydrogens is 439 g/mol. The largest absolute Gasteiger partial charge is 0.497 e. The van der Waals surface area contributed by atoms with E-state index in [1.54, 1.807) is 44.2 Å². The Morgan fingerprint density at radius 2 is 1.74 bits per heavy atom. The summed E-state index contributed by atoms with van der Waals surface area (Å²) in [6, 6.07) is 11.3. The zero-order chi connectivity index (χ0) is 24.2. The zero-order valence-electron chi connectivity index (χ0n) is 19.7. The van der Waals surface area contributed by atoms with E-state index in [1.807, 2.05) is 17.0 Å². The summed E-state index contributed by atoms with van der Waals surface area (Å²) in [5, 5.41) is 6.21. The lowest BCUT2D eigenvalue weighted by molar-refractivity contribution is -0.135. The van der Waals surface area contributed by atoms with Crippen molar-refractivity contribution in [3.63, 3.8) is 0 Å². The number of benzene rings is 2. The first kappa shape index (κ1) is 23.7. The summed E-state index contributed by atoms with van der Waals surface area (Å²) in [6.07, 6.45) is 0.470. The van der Waals surface area contributed by atoms with Crippen LogP contribution in [0.25, 0.3) is 0 Å². The molecule has 2 amide bonds. The molecule has 8 nitrogen and oxygen atoms in total. The van der Waals surface area contributed by atoms with E-state index in [4.69, 9.17) is 14.6 Å². The molecule has 2 aliphatic heterocycles. The van der Waals surface area contributed by atoms with Crippen LogP contribution in [0.1, 0.15) is 30.5 Å². The van der Waals surface area contributed by atoms with Gasteiger partial charge in [-0.3, -0.25) is 14.5 Å². The third-order valence-electron chi connectivity index (χ3n) is 6.32.